The van der Waals surface area contributed by atoms with Crippen LogP contribution >= 0.6 is 0 Å². The molecule has 0 atom stereocenters. The van der Waals surface area contributed by atoms with Crippen LogP contribution in [0.25, 0.3) is 0 Å². The van der Waals surface area contributed by atoms with Gasteiger partial charge >= 0.3 is 5.97 Å². The molecule has 1 fully saturated rings. The van der Waals surface area contributed by atoms with E-state index < -0.39 is 39.9 Å². The minimum atomic E-state index is -4.23. The van der Waals surface area contributed by atoms with Crippen molar-refractivity contribution in [1.29, 1.82) is 0 Å². The molecule has 0 aliphatic heterocycles. The summed E-state index contributed by atoms with van der Waals surface area (Å²) in [5, 5.41) is 0. The highest BCUT2D eigenvalue weighted by Gasteiger charge is 2.35. The van der Waals surface area contributed by atoms with Gasteiger partial charge in [0.15, 0.2) is 17.2 Å². The molecule has 24 heavy (non-hydrogen) atoms. The number of halogens is 1. The van der Waals surface area contributed by atoms with Gasteiger partial charge in [0.1, 0.15) is 12.4 Å². The fourth-order valence-corrected chi connectivity index (χ4v) is 2.76. The van der Waals surface area contributed by atoms with Crippen molar-refractivity contribution >= 4 is 16.1 Å². The largest absolute Gasteiger partial charge is 0.472 e. The summed E-state index contributed by atoms with van der Waals surface area (Å²) in [7, 11) is -4.23. The Hall–Kier alpha value is -2.11. The van der Waals surface area contributed by atoms with E-state index >= 15 is 0 Å². The van der Waals surface area contributed by atoms with Crippen LogP contribution in [0.1, 0.15) is 36.0 Å². The Morgan fingerprint density at radius 3 is 2.62 bits per heavy atom. The molecule has 1 aliphatic carbocycles. The van der Waals surface area contributed by atoms with Gasteiger partial charge in [-0.2, -0.15) is 8.42 Å². The second-order valence-electron chi connectivity index (χ2n) is 5.51. The summed E-state index contributed by atoms with van der Waals surface area (Å²) in [5.74, 6) is 0.163. The first kappa shape index (κ1) is 18.2. The topological polar surface area (TPSA) is 89.9 Å². The van der Waals surface area contributed by atoms with Crippen LogP contribution in [0, 0.1) is 18.2 Å². The van der Waals surface area contributed by atoms with Crippen molar-refractivity contribution in [2.75, 3.05) is 12.4 Å². The fourth-order valence-electron chi connectivity index (χ4n) is 2.46. The molecular formula is C16H17FO6S. The maximum Gasteiger partial charge on any atom is 0.338 e. The molecule has 2 rings (SSSR count). The summed E-state index contributed by atoms with van der Waals surface area (Å²) in [6.07, 6.45) is 8.46. The number of carbonyl (C=O) groups is 1. The SMILES string of the molecule is C#CC1(Oc2cc(C(=O)OCCS(=O)(=O)O)ccc2F)CCCC1. The van der Waals surface area contributed by atoms with Crippen LogP contribution in [0.2, 0.25) is 0 Å². The van der Waals surface area contributed by atoms with Crippen molar-refractivity contribution in [3.8, 4) is 18.1 Å². The van der Waals surface area contributed by atoms with Crippen LogP contribution in [-0.4, -0.2) is 36.9 Å². The molecule has 0 aromatic heterocycles. The molecule has 8 heteroatoms. The van der Waals surface area contributed by atoms with Gasteiger partial charge in [0, 0.05) is 0 Å². The lowest BCUT2D eigenvalue weighted by atomic mass is 10.0. The van der Waals surface area contributed by atoms with Gasteiger partial charge in [0.2, 0.25) is 0 Å². The number of hydrogen-bond acceptors (Lipinski definition) is 5. The molecule has 1 saturated carbocycles. The lowest BCUT2D eigenvalue weighted by Gasteiger charge is -2.24. The molecule has 1 N–H and O–H groups in total. The van der Waals surface area contributed by atoms with Gasteiger partial charge in [-0.1, -0.05) is 5.92 Å². The highest BCUT2D eigenvalue weighted by atomic mass is 32.2. The van der Waals surface area contributed by atoms with Gasteiger partial charge in [-0.05, 0) is 43.9 Å². The molecule has 0 heterocycles. The van der Waals surface area contributed by atoms with Gasteiger partial charge in [-0.25, -0.2) is 9.18 Å². The van der Waals surface area contributed by atoms with Crippen molar-refractivity contribution < 1.29 is 31.6 Å². The summed E-state index contributed by atoms with van der Waals surface area (Å²) in [4.78, 5) is 11.9. The van der Waals surface area contributed by atoms with E-state index in [4.69, 9.17) is 20.4 Å². The first-order chi connectivity index (χ1) is 11.2. The second-order valence-corrected chi connectivity index (χ2v) is 7.09. The molecular weight excluding hydrogens is 339 g/mol. The van der Waals surface area contributed by atoms with Crippen molar-refractivity contribution in [3.05, 3.63) is 29.6 Å². The highest BCUT2D eigenvalue weighted by Crippen LogP contribution is 2.35. The molecule has 1 aromatic carbocycles. The van der Waals surface area contributed by atoms with Crippen molar-refractivity contribution in [2.45, 2.75) is 31.3 Å². The van der Waals surface area contributed by atoms with Gasteiger partial charge in [0.05, 0.1) is 5.56 Å². The average Bonchev–Trinajstić information content (AvgIpc) is 2.97. The number of terminal acetylenes is 1. The van der Waals surface area contributed by atoms with Crippen molar-refractivity contribution in [2.24, 2.45) is 0 Å². The van der Waals surface area contributed by atoms with E-state index in [0.717, 1.165) is 18.9 Å². The molecule has 1 aromatic rings. The molecule has 0 amide bonds. The summed E-state index contributed by atoms with van der Waals surface area (Å²) >= 11 is 0. The monoisotopic (exact) mass is 356 g/mol. The predicted molar refractivity (Wildman–Crippen MR) is 83.8 cm³/mol. The molecule has 1 aliphatic rings. The number of esters is 1. The maximum absolute atomic E-state index is 13.9. The zero-order chi connectivity index (χ0) is 17.8. The minimum Gasteiger partial charge on any atom is -0.472 e. The molecule has 6 nitrogen and oxygen atoms in total. The van der Waals surface area contributed by atoms with E-state index in [0.29, 0.717) is 12.8 Å². The Labute approximate surface area is 139 Å². The number of hydrogen-bond donors (Lipinski definition) is 1. The summed E-state index contributed by atoms with van der Waals surface area (Å²) in [6, 6.07) is 3.41. The molecule has 0 spiro atoms. The smallest absolute Gasteiger partial charge is 0.338 e. The number of rotatable bonds is 6. The van der Waals surface area contributed by atoms with Crippen LogP contribution in [-0.2, 0) is 14.9 Å². The third-order valence-corrected chi connectivity index (χ3v) is 4.40. The molecule has 0 radical (unpaired) electrons. The molecule has 0 bridgehead atoms. The van der Waals surface area contributed by atoms with E-state index in [2.05, 4.69) is 5.92 Å². The lowest BCUT2D eigenvalue weighted by Crippen LogP contribution is -2.30. The summed E-state index contributed by atoms with van der Waals surface area (Å²) in [6.45, 7) is -0.514. The Morgan fingerprint density at radius 1 is 1.38 bits per heavy atom. The number of benzene rings is 1. The maximum atomic E-state index is 13.9. The van der Waals surface area contributed by atoms with Gasteiger partial charge in [-0.3, -0.25) is 4.55 Å². The average molecular weight is 356 g/mol. The number of carbonyl (C=O) groups excluding carboxylic acids is 1. The van der Waals surface area contributed by atoms with Gasteiger partial charge in [0.25, 0.3) is 10.1 Å². The first-order valence-corrected chi connectivity index (χ1v) is 8.94. The van der Waals surface area contributed by atoms with E-state index in [1.54, 1.807) is 0 Å². The van der Waals surface area contributed by atoms with E-state index in [-0.39, 0.29) is 11.3 Å². The first-order valence-electron chi connectivity index (χ1n) is 7.33. The third-order valence-electron chi connectivity index (χ3n) is 3.72. The minimum absolute atomic E-state index is 0.00749. The molecule has 0 saturated heterocycles. The lowest BCUT2D eigenvalue weighted by molar-refractivity contribution is 0.0526. The Balaban J connectivity index is 2.10. The fraction of sp³-hybridized carbons (Fsp3) is 0.438. The standard InChI is InChI=1S/C16H17FO6S/c1-2-16(7-3-4-8-16)23-14-11-12(5-6-13(14)17)15(18)22-9-10-24(19,20)21/h1,5-6,11H,3-4,7-10H2,(H,19,20,21). The normalized spacial score (nSPS) is 16.4. The third kappa shape index (κ3) is 4.69. The Kier molecular flexibility index (Phi) is 5.47. The van der Waals surface area contributed by atoms with Crippen LogP contribution in [0.4, 0.5) is 4.39 Å². The quantitative estimate of drug-likeness (QED) is 0.477. The number of ether oxygens (including phenoxy) is 2. The van der Waals surface area contributed by atoms with Crippen LogP contribution in [0.3, 0.4) is 0 Å². The van der Waals surface area contributed by atoms with E-state index in [1.807, 2.05) is 0 Å². The van der Waals surface area contributed by atoms with Crippen LogP contribution in [0.15, 0.2) is 18.2 Å². The van der Waals surface area contributed by atoms with E-state index in [1.165, 1.54) is 12.1 Å². The highest BCUT2D eigenvalue weighted by molar-refractivity contribution is 7.85. The molecule has 130 valence electrons. The zero-order valence-corrected chi connectivity index (χ0v) is 13.6. The van der Waals surface area contributed by atoms with E-state index in [9.17, 15) is 17.6 Å². The Morgan fingerprint density at radius 2 is 2.04 bits per heavy atom. The zero-order valence-electron chi connectivity index (χ0n) is 12.8. The second kappa shape index (κ2) is 7.20. The van der Waals surface area contributed by atoms with Gasteiger partial charge < -0.3 is 9.47 Å². The summed E-state index contributed by atoms with van der Waals surface area (Å²) in [5.41, 5.74) is -0.888. The predicted octanol–water partition coefficient (Wildman–Crippen LogP) is 2.20. The Bertz CT molecular complexity index is 759. The van der Waals surface area contributed by atoms with Crippen LogP contribution in [0.5, 0.6) is 5.75 Å². The van der Waals surface area contributed by atoms with Crippen LogP contribution < -0.4 is 4.74 Å². The summed E-state index contributed by atoms with van der Waals surface area (Å²) < 4.78 is 54.1. The molecule has 0 unspecified atom stereocenters. The van der Waals surface area contributed by atoms with Crippen molar-refractivity contribution in [1.82, 2.24) is 0 Å². The van der Waals surface area contributed by atoms with Gasteiger partial charge in [-0.15, -0.1) is 6.42 Å². The van der Waals surface area contributed by atoms with Crippen molar-refractivity contribution in [3.63, 3.8) is 0 Å².